The fourth-order valence-corrected chi connectivity index (χ4v) is 2.70. The maximum Gasteiger partial charge on any atom is 0.254 e. The van der Waals surface area contributed by atoms with Gasteiger partial charge >= 0.3 is 0 Å². The van der Waals surface area contributed by atoms with Gasteiger partial charge in [0.05, 0.1) is 0 Å². The van der Waals surface area contributed by atoms with Crippen molar-refractivity contribution < 1.29 is 14.0 Å². The zero-order valence-corrected chi connectivity index (χ0v) is 16.0. The number of anilines is 1. The summed E-state index contributed by atoms with van der Waals surface area (Å²) in [6.07, 6.45) is 0. The predicted octanol–water partition coefficient (Wildman–Crippen LogP) is 3.41. The number of halogens is 1. The largest absolute Gasteiger partial charge is 0.334 e. The van der Waals surface area contributed by atoms with Crippen molar-refractivity contribution in [2.45, 2.75) is 27.3 Å². The number of rotatable bonds is 7. The van der Waals surface area contributed by atoms with Crippen molar-refractivity contribution in [3.63, 3.8) is 0 Å². The Bertz CT molecular complexity index is 803. The van der Waals surface area contributed by atoms with Gasteiger partial charge in [-0.15, -0.1) is 0 Å². The summed E-state index contributed by atoms with van der Waals surface area (Å²) in [5.74, 6) is -0.837. The fourth-order valence-electron chi connectivity index (χ4n) is 2.70. The van der Waals surface area contributed by atoms with Crippen molar-refractivity contribution in [3.05, 3.63) is 65.5 Å². The Balaban J connectivity index is 2.24. The monoisotopic (exact) mass is 371 g/mol. The number of amides is 2. The van der Waals surface area contributed by atoms with Crippen molar-refractivity contribution in [3.8, 4) is 0 Å². The lowest BCUT2D eigenvalue weighted by Crippen LogP contribution is -2.41. The molecule has 0 aliphatic rings. The Kier molecular flexibility index (Phi) is 6.69. The number of carbonyl (C=O) groups excluding carboxylic acids is 2. The molecule has 2 aromatic carbocycles. The molecule has 6 heteroatoms. The number of hydrogen-bond donors (Lipinski definition) is 2. The smallest absolute Gasteiger partial charge is 0.254 e. The van der Waals surface area contributed by atoms with E-state index in [0.29, 0.717) is 30.9 Å². The molecule has 0 unspecified atom stereocenters. The minimum atomic E-state index is -0.446. The van der Waals surface area contributed by atoms with Crippen LogP contribution in [-0.4, -0.2) is 29.8 Å². The highest BCUT2D eigenvalue weighted by Crippen LogP contribution is 2.20. The molecule has 0 bridgehead atoms. The van der Waals surface area contributed by atoms with Gasteiger partial charge in [-0.2, -0.15) is 0 Å². The summed E-state index contributed by atoms with van der Waals surface area (Å²) in [6.45, 7) is 6.63. The first kappa shape index (κ1) is 20.6. The minimum Gasteiger partial charge on any atom is -0.334 e. The first-order chi connectivity index (χ1) is 12.7. The zero-order chi connectivity index (χ0) is 20.0. The minimum absolute atomic E-state index is 0.143. The van der Waals surface area contributed by atoms with Crippen LogP contribution in [0.3, 0.4) is 0 Å². The molecule has 0 saturated carbocycles. The molecule has 0 saturated heterocycles. The molecular formula is C21H26FN3O2. The Morgan fingerprint density at radius 3 is 2.37 bits per heavy atom. The molecule has 0 fully saturated rings. The van der Waals surface area contributed by atoms with Gasteiger partial charge in [0.15, 0.2) is 0 Å². The highest BCUT2D eigenvalue weighted by molar-refractivity contribution is 5.94. The number of carbonyl (C=O) groups is 2. The molecular weight excluding hydrogens is 345 g/mol. The van der Waals surface area contributed by atoms with E-state index in [0.717, 1.165) is 5.56 Å². The molecule has 0 aromatic heterocycles. The Morgan fingerprint density at radius 1 is 1.15 bits per heavy atom. The summed E-state index contributed by atoms with van der Waals surface area (Å²) < 4.78 is 13.5. The van der Waals surface area contributed by atoms with E-state index in [1.165, 1.54) is 25.1 Å². The lowest BCUT2D eigenvalue weighted by molar-refractivity contribution is -0.114. The van der Waals surface area contributed by atoms with Crippen LogP contribution in [-0.2, 0) is 11.3 Å². The molecule has 2 aromatic rings. The molecule has 2 amide bonds. The van der Waals surface area contributed by atoms with Gasteiger partial charge in [-0.25, -0.2) is 4.39 Å². The lowest BCUT2D eigenvalue weighted by Gasteiger charge is -2.32. The highest BCUT2D eigenvalue weighted by atomic mass is 19.1. The number of nitrogens with zero attached hydrogens (tertiary/aromatic N) is 1. The van der Waals surface area contributed by atoms with Crippen LogP contribution < -0.4 is 11.1 Å². The normalized spacial score (nSPS) is 11.1. The lowest BCUT2D eigenvalue weighted by atomic mass is 9.92. The number of nitrogens with one attached hydrogen (secondary N) is 1. The number of benzene rings is 2. The van der Waals surface area contributed by atoms with Gasteiger partial charge in [-0.05, 0) is 47.9 Å². The third kappa shape index (κ3) is 6.18. The van der Waals surface area contributed by atoms with Crippen molar-refractivity contribution in [1.29, 1.82) is 0 Å². The molecule has 0 radical (unpaired) electrons. The Morgan fingerprint density at radius 2 is 1.81 bits per heavy atom. The summed E-state index contributed by atoms with van der Waals surface area (Å²) in [6, 6.07) is 13.0. The average molecular weight is 371 g/mol. The van der Waals surface area contributed by atoms with Gasteiger partial charge in [0.1, 0.15) is 5.82 Å². The SMILES string of the molecule is CC(=O)Nc1ccc(CN(CC(C)(C)CN)C(=O)c2cccc(F)c2)cc1. The number of hydrogen-bond acceptors (Lipinski definition) is 3. The molecule has 144 valence electrons. The van der Waals surface area contributed by atoms with Crippen molar-refractivity contribution in [1.82, 2.24) is 4.90 Å². The van der Waals surface area contributed by atoms with Gasteiger partial charge in [0.25, 0.3) is 5.91 Å². The fraction of sp³-hybridized carbons (Fsp3) is 0.333. The van der Waals surface area contributed by atoms with Gasteiger partial charge in [-0.3, -0.25) is 9.59 Å². The van der Waals surface area contributed by atoms with E-state index in [1.54, 1.807) is 23.1 Å². The Labute approximate surface area is 159 Å². The average Bonchev–Trinajstić information content (AvgIpc) is 2.61. The van der Waals surface area contributed by atoms with Crippen LogP contribution >= 0.6 is 0 Å². The highest BCUT2D eigenvalue weighted by Gasteiger charge is 2.25. The second kappa shape index (κ2) is 8.77. The molecule has 5 nitrogen and oxygen atoms in total. The van der Waals surface area contributed by atoms with Gasteiger partial charge in [0, 0.05) is 31.3 Å². The van der Waals surface area contributed by atoms with Crippen molar-refractivity contribution >= 4 is 17.5 Å². The van der Waals surface area contributed by atoms with Crippen LogP contribution in [0.4, 0.5) is 10.1 Å². The number of nitrogens with two attached hydrogens (primary N) is 1. The molecule has 0 aliphatic heterocycles. The van der Waals surface area contributed by atoms with E-state index in [4.69, 9.17) is 5.73 Å². The van der Waals surface area contributed by atoms with Gasteiger partial charge in [-0.1, -0.05) is 32.0 Å². The molecule has 0 heterocycles. The van der Waals surface area contributed by atoms with Crippen LogP contribution in [0.1, 0.15) is 36.7 Å². The quantitative estimate of drug-likeness (QED) is 0.783. The van der Waals surface area contributed by atoms with Crippen LogP contribution in [0, 0.1) is 11.2 Å². The summed E-state index contributed by atoms with van der Waals surface area (Å²) >= 11 is 0. The third-order valence-electron chi connectivity index (χ3n) is 4.18. The maximum atomic E-state index is 13.5. The Hall–Kier alpha value is -2.73. The molecule has 2 rings (SSSR count). The molecule has 0 spiro atoms. The second-order valence-corrected chi connectivity index (χ2v) is 7.42. The summed E-state index contributed by atoms with van der Waals surface area (Å²) in [5, 5.41) is 2.71. The zero-order valence-electron chi connectivity index (χ0n) is 16.0. The first-order valence-electron chi connectivity index (χ1n) is 8.81. The molecule has 3 N–H and O–H groups in total. The second-order valence-electron chi connectivity index (χ2n) is 7.42. The summed E-state index contributed by atoms with van der Waals surface area (Å²) in [5.41, 5.74) is 7.46. The van der Waals surface area contributed by atoms with Gasteiger partial charge in [0.2, 0.25) is 5.91 Å². The van der Waals surface area contributed by atoms with E-state index in [9.17, 15) is 14.0 Å². The maximum absolute atomic E-state index is 13.5. The predicted molar refractivity (Wildman–Crippen MR) is 105 cm³/mol. The first-order valence-corrected chi connectivity index (χ1v) is 8.81. The van der Waals surface area contributed by atoms with Crippen molar-refractivity contribution in [2.24, 2.45) is 11.1 Å². The summed E-state index contributed by atoms with van der Waals surface area (Å²) in [7, 11) is 0. The van der Waals surface area contributed by atoms with Crippen LogP contribution in [0.15, 0.2) is 48.5 Å². The molecule has 0 aliphatic carbocycles. The third-order valence-corrected chi connectivity index (χ3v) is 4.18. The van der Waals surface area contributed by atoms with E-state index in [1.807, 2.05) is 26.0 Å². The molecule has 27 heavy (non-hydrogen) atoms. The van der Waals surface area contributed by atoms with Gasteiger partial charge < -0.3 is 16.0 Å². The van der Waals surface area contributed by atoms with Crippen molar-refractivity contribution in [2.75, 3.05) is 18.4 Å². The van der Waals surface area contributed by atoms with E-state index in [-0.39, 0.29) is 17.2 Å². The van der Waals surface area contributed by atoms with Crippen LogP contribution in [0.2, 0.25) is 0 Å². The molecule has 0 atom stereocenters. The standard InChI is InChI=1S/C21H26FN3O2/c1-15(26)24-19-9-7-16(8-10-19)12-25(14-21(2,3)13-23)20(27)17-5-4-6-18(22)11-17/h4-11H,12-14,23H2,1-3H3,(H,24,26). The van der Waals surface area contributed by atoms with E-state index < -0.39 is 5.82 Å². The van der Waals surface area contributed by atoms with E-state index >= 15 is 0 Å². The van der Waals surface area contributed by atoms with Crippen LogP contribution in [0.5, 0.6) is 0 Å². The van der Waals surface area contributed by atoms with Crippen LogP contribution in [0.25, 0.3) is 0 Å². The summed E-state index contributed by atoms with van der Waals surface area (Å²) in [4.78, 5) is 25.8. The topological polar surface area (TPSA) is 75.4 Å². The van der Waals surface area contributed by atoms with E-state index in [2.05, 4.69) is 5.32 Å².